The van der Waals surface area contributed by atoms with Crippen LogP contribution in [0.1, 0.15) is 103 Å². The molecule has 2 N–H and O–H groups in total. The molecule has 0 aromatic heterocycles. The van der Waals surface area contributed by atoms with Crippen molar-refractivity contribution >= 4 is 29.7 Å². The van der Waals surface area contributed by atoms with E-state index in [1.54, 1.807) is 37.4 Å². The van der Waals surface area contributed by atoms with Crippen LogP contribution in [0.3, 0.4) is 0 Å². The number of thioether (sulfide) groups is 1. The van der Waals surface area contributed by atoms with Crippen molar-refractivity contribution in [2.75, 3.05) is 18.6 Å². The quantitative estimate of drug-likeness (QED) is 0.250. The molecule has 3 amide bonds. The van der Waals surface area contributed by atoms with E-state index in [9.17, 15) is 14.4 Å². The lowest BCUT2D eigenvalue weighted by Gasteiger charge is -2.35. The van der Waals surface area contributed by atoms with Crippen LogP contribution >= 0.6 is 11.8 Å². The fraction of sp³-hybridized carbons (Fsp3) is 0.700. The van der Waals surface area contributed by atoms with Gasteiger partial charge in [0, 0.05) is 12.6 Å². The van der Waals surface area contributed by atoms with Crippen LogP contribution in [0.15, 0.2) is 18.2 Å². The number of alkyl carbamates (subject to hydrolysis) is 1. The molecule has 2 unspecified atom stereocenters. The minimum Gasteiger partial charge on any atom is -0.444 e. The summed E-state index contributed by atoms with van der Waals surface area (Å²) < 4.78 is 5.47. The molecule has 0 aliphatic rings. The van der Waals surface area contributed by atoms with Crippen molar-refractivity contribution < 1.29 is 19.1 Å². The number of amides is 3. The van der Waals surface area contributed by atoms with Gasteiger partial charge >= 0.3 is 6.09 Å². The minimum atomic E-state index is -0.799. The zero-order valence-electron chi connectivity index (χ0n) is 25.1. The van der Waals surface area contributed by atoms with Crippen LogP contribution in [-0.2, 0) is 14.3 Å². The van der Waals surface area contributed by atoms with E-state index >= 15 is 0 Å². The number of hydrogen-bond acceptors (Lipinski definition) is 5. The fourth-order valence-corrected chi connectivity index (χ4v) is 4.64. The third-order valence-electron chi connectivity index (χ3n) is 6.22. The maximum absolute atomic E-state index is 14.2. The molecular formula is C30H51N3O4S. The van der Waals surface area contributed by atoms with Crippen molar-refractivity contribution in [3.8, 4) is 0 Å². The molecule has 1 aromatic carbocycles. The first kappa shape index (κ1) is 33.8. The topological polar surface area (TPSA) is 87.7 Å². The maximum Gasteiger partial charge on any atom is 0.408 e. The molecule has 0 radical (unpaired) electrons. The number of aryl methyl sites for hydroxylation is 2. The van der Waals surface area contributed by atoms with Gasteiger partial charge in [0.25, 0.3) is 0 Å². The van der Waals surface area contributed by atoms with E-state index in [1.165, 1.54) is 0 Å². The Labute approximate surface area is 235 Å². The summed E-state index contributed by atoms with van der Waals surface area (Å²) in [6, 6.07) is 4.25. The van der Waals surface area contributed by atoms with Crippen LogP contribution in [0, 0.1) is 13.8 Å². The Kier molecular flexibility index (Phi) is 14.8. The monoisotopic (exact) mass is 549 g/mol. The van der Waals surface area contributed by atoms with E-state index in [4.69, 9.17) is 4.74 Å². The number of carbonyl (C=O) groups excluding carboxylic acids is 3. The highest BCUT2D eigenvalue weighted by Crippen LogP contribution is 2.26. The minimum absolute atomic E-state index is 0.0785. The summed E-state index contributed by atoms with van der Waals surface area (Å²) >= 11 is 1.61. The number of unbranched alkanes of at least 4 members (excludes halogenated alkanes) is 4. The Morgan fingerprint density at radius 2 is 1.66 bits per heavy atom. The summed E-state index contributed by atoms with van der Waals surface area (Å²) in [5, 5.41) is 5.83. The predicted molar refractivity (Wildman–Crippen MR) is 159 cm³/mol. The van der Waals surface area contributed by atoms with Gasteiger partial charge in [-0.05, 0) is 90.0 Å². The summed E-state index contributed by atoms with van der Waals surface area (Å²) in [6.07, 6.45) is 6.87. The van der Waals surface area contributed by atoms with Gasteiger partial charge in [-0.3, -0.25) is 9.59 Å². The number of carbonyl (C=O) groups is 3. The molecule has 7 nitrogen and oxygen atoms in total. The second kappa shape index (κ2) is 16.7. The molecular weight excluding hydrogens is 498 g/mol. The zero-order valence-corrected chi connectivity index (χ0v) is 25.9. The van der Waals surface area contributed by atoms with Gasteiger partial charge in [-0.2, -0.15) is 11.8 Å². The van der Waals surface area contributed by atoms with Crippen molar-refractivity contribution in [1.82, 2.24) is 15.5 Å². The number of ether oxygens (including phenoxy) is 1. The van der Waals surface area contributed by atoms with E-state index in [2.05, 4.69) is 17.6 Å². The van der Waals surface area contributed by atoms with Crippen molar-refractivity contribution in [2.24, 2.45) is 0 Å². The van der Waals surface area contributed by atoms with Crippen molar-refractivity contribution in [3.05, 3.63) is 34.9 Å². The Morgan fingerprint density at radius 1 is 1.00 bits per heavy atom. The van der Waals surface area contributed by atoms with Crippen molar-refractivity contribution in [3.63, 3.8) is 0 Å². The van der Waals surface area contributed by atoms with Gasteiger partial charge in [0.15, 0.2) is 0 Å². The fourth-order valence-electron chi connectivity index (χ4n) is 4.17. The molecule has 0 aliphatic heterocycles. The molecule has 0 bridgehead atoms. The van der Waals surface area contributed by atoms with E-state index in [1.807, 2.05) is 52.1 Å². The van der Waals surface area contributed by atoms with Crippen LogP contribution in [0.2, 0.25) is 0 Å². The van der Waals surface area contributed by atoms with Gasteiger partial charge in [0.05, 0.1) is 0 Å². The molecule has 0 fully saturated rings. The molecule has 1 rings (SSSR count). The highest BCUT2D eigenvalue weighted by molar-refractivity contribution is 7.98. The van der Waals surface area contributed by atoms with E-state index < -0.39 is 23.8 Å². The SMILES string of the molecule is CCCCCCCN(C(=O)C(CCSC)NC(=O)OC(C)(C)C)C(C(=O)NC(C)C)c1ccc(C)c(C)c1. The molecule has 2 atom stereocenters. The highest BCUT2D eigenvalue weighted by Gasteiger charge is 2.36. The molecule has 0 aliphatic carbocycles. The molecule has 8 heteroatoms. The van der Waals surface area contributed by atoms with E-state index in [-0.39, 0.29) is 17.9 Å². The largest absolute Gasteiger partial charge is 0.444 e. The Balaban J connectivity index is 3.48. The molecule has 38 heavy (non-hydrogen) atoms. The maximum atomic E-state index is 14.2. The smallest absolute Gasteiger partial charge is 0.408 e. The zero-order chi connectivity index (χ0) is 28.9. The van der Waals surface area contributed by atoms with Gasteiger partial charge in [0.2, 0.25) is 11.8 Å². The van der Waals surface area contributed by atoms with E-state index in [0.717, 1.165) is 48.8 Å². The molecule has 0 heterocycles. The van der Waals surface area contributed by atoms with Crippen molar-refractivity contribution in [1.29, 1.82) is 0 Å². The first-order valence-electron chi connectivity index (χ1n) is 14.0. The number of benzene rings is 1. The van der Waals surface area contributed by atoms with E-state index in [0.29, 0.717) is 18.7 Å². The summed E-state index contributed by atoms with van der Waals surface area (Å²) in [6.45, 7) is 15.8. The number of hydrogen-bond donors (Lipinski definition) is 2. The average Bonchev–Trinajstić information content (AvgIpc) is 2.80. The van der Waals surface area contributed by atoms with Crippen LogP contribution < -0.4 is 10.6 Å². The standard InChI is InChI=1S/C30H51N3O4S/c1-10-11-12-13-14-18-33(28(35)25(17-19-38-9)32-29(36)37-30(6,7)8)26(27(34)31-21(2)3)24-16-15-22(4)23(5)20-24/h15-16,20-21,25-26H,10-14,17-19H2,1-9H3,(H,31,34)(H,32,36). The number of nitrogens with one attached hydrogen (secondary N) is 2. The lowest BCUT2D eigenvalue weighted by atomic mass is 9.97. The Hall–Kier alpha value is -2.22. The van der Waals surface area contributed by atoms with Gasteiger partial charge in [-0.15, -0.1) is 0 Å². The van der Waals surface area contributed by atoms with Gasteiger partial charge in [-0.25, -0.2) is 4.79 Å². The Morgan fingerprint density at radius 3 is 2.21 bits per heavy atom. The molecule has 1 aromatic rings. The summed E-state index contributed by atoms with van der Waals surface area (Å²) in [7, 11) is 0. The van der Waals surface area contributed by atoms with Crippen LogP contribution in [0.5, 0.6) is 0 Å². The van der Waals surface area contributed by atoms with Gasteiger partial charge in [-0.1, -0.05) is 50.8 Å². The molecule has 0 saturated carbocycles. The summed E-state index contributed by atoms with van der Waals surface area (Å²) in [5.74, 6) is 0.205. The Bertz CT molecular complexity index is 898. The predicted octanol–water partition coefficient (Wildman–Crippen LogP) is 6.31. The highest BCUT2D eigenvalue weighted by atomic mass is 32.2. The normalized spacial score (nSPS) is 13.1. The van der Waals surface area contributed by atoms with Gasteiger partial charge < -0.3 is 20.3 Å². The average molecular weight is 550 g/mol. The number of nitrogens with zero attached hydrogens (tertiary/aromatic N) is 1. The van der Waals surface area contributed by atoms with Crippen LogP contribution in [0.4, 0.5) is 4.79 Å². The van der Waals surface area contributed by atoms with Crippen molar-refractivity contribution in [2.45, 2.75) is 118 Å². The molecule has 0 saturated heterocycles. The second-order valence-electron chi connectivity index (χ2n) is 11.3. The lowest BCUT2D eigenvalue weighted by Crippen LogP contribution is -2.54. The molecule has 216 valence electrons. The van der Waals surface area contributed by atoms with Crippen LogP contribution in [0.25, 0.3) is 0 Å². The van der Waals surface area contributed by atoms with Crippen LogP contribution in [-0.4, -0.2) is 59.0 Å². The van der Waals surface area contributed by atoms with Gasteiger partial charge in [0.1, 0.15) is 17.7 Å². The summed E-state index contributed by atoms with van der Waals surface area (Å²) in [5.41, 5.74) is 2.27. The summed E-state index contributed by atoms with van der Waals surface area (Å²) in [4.78, 5) is 42.2. The first-order valence-corrected chi connectivity index (χ1v) is 15.4. The number of rotatable bonds is 15. The molecule has 0 spiro atoms. The first-order chi connectivity index (χ1) is 17.8. The lowest BCUT2D eigenvalue weighted by molar-refractivity contribution is -0.142. The third-order valence-corrected chi connectivity index (χ3v) is 6.87. The third kappa shape index (κ3) is 12.1. The second-order valence-corrected chi connectivity index (χ2v) is 12.3.